The Kier molecular flexibility index (Phi) is 5.00. The van der Waals surface area contributed by atoms with E-state index < -0.39 is 21.7 Å². The summed E-state index contributed by atoms with van der Waals surface area (Å²) in [6, 6.07) is 12.5. The molecule has 0 radical (unpaired) electrons. The smallest absolute Gasteiger partial charge is 0.232 e. The van der Waals surface area contributed by atoms with Gasteiger partial charge in [-0.05, 0) is 23.8 Å². The van der Waals surface area contributed by atoms with Gasteiger partial charge in [-0.1, -0.05) is 30.3 Å². The topological polar surface area (TPSA) is 66.5 Å². The molecule has 0 aromatic heterocycles. The van der Waals surface area contributed by atoms with E-state index in [0.29, 0.717) is 11.4 Å². The van der Waals surface area contributed by atoms with Crippen LogP contribution >= 0.6 is 0 Å². The van der Waals surface area contributed by atoms with Crippen molar-refractivity contribution in [2.24, 2.45) is 0 Å². The van der Waals surface area contributed by atoms with Crippen LogP contribution in [0.25, 0.3) is 0 Å². The molecule has 0 fully saturated rings. The van der Waals surface area contributed by atoms with Crippen LogP contribution in [-0.4, -0.2) is 27.6 Å². The van der Waals surface area contributed by atoms with Crippen LogP contribution in [0, 0.1) is 5.82 Å². The van der Waals surface area contributed by atoms with Crippen LogP contribution in [-0.2, 0) is 21.2 Å². The second kappa shape index (κ2) is 6.78. The monoisotopic (exact) mass is 336 g/mol. The van der Waals surface area contributed by atoms with Crippen LogP contribution in [0.15, 0.2) is 48.5 Å². The minimum atomic E-state index is -3.46. The summed E-state index contributed by atoms with van der Waals surface area (Å²) in [5.41, 5.74) is 0.970. The van der Waals surface area contributed by atoms with Gasteiger partial charge in [0.2, 0.25) is 15.9 Å². The highest BCUT2D eigenvalue weighted by Crippen LogP contribution is 2.26. The maximum absolute atomic E-state index is 13.6. The lowest BCUT2D eigenvalue weighted by molar-refractivity contribution is -0.115. The highest BCUT2D eigenvalue weighted by Gasteiger charge is 2.17. The van der Waals surface area contributed by atoms with Gasteiger partial charge in [0.15, 0.2) is 0 Å². The normalized spacial score (nSPS) is 11.1. The Bertz CT molecular complexity index is 822. The number of para-hydroxylation sites is 2. The lowest BCUT2D eigenvalue weighted by Crippen LogP contribution is -2.26. The molecule has 0 saturated carbocycles. The molecule has 2 aromatic carbocycles. The highest BCUT2D eigenvalue weighted by molar-refractivity contribution is 7.92. The van der Waals surface area contributed by atoms with Crippen molar-refractivity contribution < 1.29 is 17.6 Å². The molecule has 2 rings (SSSR count). The summed E-state index contributed by atoms with van der Waals surface area (Å²) in [5.74, 6) is -0.881. The first kappa shape index (κ1) is 17.0. The summed E-state index contributed by atoms with van der Waals surface area (Å²) in [7, 11) is -2.06. The number of carbonyl (C=O) groups excluding carboxylic acids is 1. The zero-order valence-electron chi connectivity index (χ0n) is 12.8. The van der Waals surface area contributed by atoms with Crippen molar-refractivity contribution in [3.63, 3.8) is 0 Å². The minimum absolute atomic E-state index is 0.135. The van der Waals surface area contributed by atoms with Gasteiger partial charge in [-0.15, -0.1) is 0 Å². The maximum atomic E-state index is 13.6. The van der Waals surface area contributed by atoms with Gasteiger partial charge in [0.25, 0.3) is 0 Å². The summed E-state index contributed by atoms with van der Waals surface area (Å²) in [6.07, 6.45) is 0.939. The molecule has 0 saturated heterocycles. The van der Waals surface area contributed by atoms with Gasteiger partial charge >= 0.3 is 0 Å². The van der Waals surface area contributed by atoms with Gasteiger partial charge < -0.3 is 5.32 Å². The molecule has 5 nitrogen and oxygen atoms in total. The molecule has 122 valence electrons. The fourth-order valence-corrected chi connectivity index (χ4v) is 2.56. The van der Waals surface area contributed by atoms with Crippen LogP contribution in [0.1, 0.15) is 5.56 Å². The molecule has 0 aliphatic rings. The second-order valence-corrected chi connectivity index (χ2v) is 7.08. The molecule has 0 aliphatic carbocycles. The van der Waals surface area contributed by atoms with E-state index in [-0.39, 0.29) is 12.0 Å². The number of carbonyl (C=O) groups is 1. The number of benzene rings is 2. The van der Waals surface area contributed by atoms with Crippen molar-refractivity contribution >= 4 is 27.3 Å². The molecule has 23 heavy (non-hydrogen) atoms. The minimum Gasteiger partial charge on any atom is -0.324 e. The molecular formula is C16H17FN2O3S. The average molecular weight is 336 g/mol. The van der Waals surface area contributed by atoms with Crippen LogP contribution in [0.4, 0.5) is 15.8 Å². The molecule has 1 amide bonds. The van der Waals surface area contributed by atoms with Crippen LogP contribution in [0.5, 0.6) is 0 Å². The first-order chi connectivity index (χ1) is 10.8. The van der Waals surface area contributed by atoms with Gasteiger partial charge in [0.1, 0.15) is 5.82 Å². The van der Waals surface area contributed by atoms with E-state index in [0.717, 1.165) is 10.6 Å². The van der Waals surface area contributed by atoms with E-state index in [2.05, 4.69) is 5.32 Å². The lowest BCUT2D eigenvalue weighted by Gasteiger charge is -2.20. The van der Waals surface area contributed by atoms with E-state index in [9.17, 15) is 17.6 Å². The van der Waals surface area contributed by atoms with Gasteiger partial charge in [0, 0.05) is 7.05 Å². The molecule has 2 aromatic rings. The Balaban J connectivity index is 2.21. The first-order valence-corrected chi connectivity index (χ1v) is 8.70. The van der Waals surface area contributed by atoms with Gasteiger partial charge in [-0.3, -0.25) is 9.10 Å². The van der Waals surface area contributed by atoms with Crippen molar-refractivity contribution in [1.29, 1.82) is 0 Å². The van der Waals surface area contributed by atoms with Crippen LogP contribution in [0.2, 0.25) is 0 Å². The van der Waals surface area contributed by atoms with Crippen molar-refractivity contribution in [1.82, 2.24) is 0 Å². The molecule has 0 unspecified atom stereocenters. The van der Waals surface area contributed by atoms with Crippen LogP contribution in [0.3, 0.4) is 0 Å². The number of rotatable bonds is 5. The molecule has 0 heterocycles. The van der Waals surface area contributed by atoms with Gasteiger partial charge in [-0.2, -0.15) is 0 Å². The van der Waals surface area contributed by atoms with Crippen LogP contribution < -0.4 is 9.62 Å². The van der Waals surface area contributed by atoms with Crippen molar-refractivity contribution in [3.8, 4) is 0 Å². The Morgan fingerprint density at radius 3 is 2.39 bits per heavy atom. The number of hydrogen-bond acceptors (Lipinski definition) is 3. The third kappa shape index (κ3) is 4.29. The van der Waals surface area contributed by atoms with Crippen molar-refractivity contribution in [3.05, 3.63) is 59.9 Å². The van der Waals surface area contributed by atoms with Crippen molar-refractivity contribution in [2.45, 2.75) is 6.42 Å². The SMILES string of the molecule is CN(c1ccccc1NC(=O)Cc1ccccc1F)S(C)(=O)=O. The largest absolute Gasteiger partial charge is 0.324 e. The standard InChI is InChI=1S/C16H17FN2O3S/c1-19(23(2,21)22)15-10-6-5-9-14(15)18-16(20)11-12-7-3-4-8-13(12)17/h3-10H,11H2,1-2H3,(H,18,20). The summed E-state index contributed by atoms with van der Waals surface area (Å²) < 4.78 is 38.0. The van der Waals surface area contributed by atoms with Crippen molar-refractivity contribution in [2.75, 3.05) is 22.9 Å². The Morgan fingerprint density at radius 2 is 1.74 bits per heavy atom. The zero-order chi connectivity index (χ0) is 17.0. The molecule has 1 N–H and O–H groups in total. The molecular weight excluding hydrogens is 319 g/mol. The third-order valence-electron chi connectivity index (χ3n) is 3.32. The highest BCUT2D eigenvalue weighted by atomic mass is 32.2. The zero-order valence-corrected chi connectivity index (χ0v) is 13.6. The fraction of sp³-hybridized carbons (Fsp3) is 0.188. The van der Waals surface area contributed by atoms with E-state index in [4.69, 9.17) is 0 Å². The molecule has 0 bridgehead atoms. The number of nitrogens with one attached hydrogen (secondary N) is 1. The number of nitrogens with zero attached hydrogens (tertiary/aromatic N) is 1. The predicted molar refractivity (Wildman–Crippen MR) is 88.4 cm³/mol. The summed E-state index contributed by atoms with van der Waals surface area (Å²) >= 11 is 0. The number of sulfonamides is 1. The van der Waals surface area contributed by atoms with E-state index in [1.165, 1.54) is 19.2 Å². The Labute approximate surface area is 134 Å². The lowest BCUT2D eigenvalue weighted by atomic mass is 10.1. The van der Waals surface area contributed by atoms with E-state index in [1.54, 1.807) is 36.4 Å². The fourth-order valence-electron chi connectivity index (χ4n) is 2.04. The molecule has 0 spiro atoms. The van der Waals surface area contributed by atoms with Gasteiger partial charge in [-0.25, -0.2) is 12.8 Å². The molecule has 0 aliphatic heterocycles. The second-order valence-electron chi connectivity index (χ2n) is 5.06. The summed E-state index contributed by atoms with van der Waals surface area (Å²) in [5, 5.41) is 2.63. The third-order valence-corrected chi connectivity index (χ3v) is 4.52. The van der Waals surface area contributed by atoms with E-state index in [1.807, 2.05) is 0 Å². The van der Waals surface area contributed by atoms with E-state index >= 15 is 0 Å². The first-order valence-electron chi connectivity index (χ1n) is 6.85. The Morgan fingerprint density at radius 1 is 1.13 bits per heavy atom. The number of halogens is 1. The maximum Gasteiger partial charge on any atom is 0.232 e. The Hall–Kier alpha value is -2.41. The molecule has 0 atom stereocenters. The average Bonchev–Trinajstić information content (AvgIpc) is 2.48. The quantitative estimate of drug-likeness (QED) is 0.912. The molecule has 7 heteroatoms. The number of amides is 1. The predicted octanol–water partition coefficient (Wildman–Crippen LogP) is 2.40. The summed E-state index contributed by atoms with van der Waals surface area (Å²) in [6.45, 7) is 0. The number of anilines is 2. The number of hydrogen-bond donors (Lipinski definition) is 1. The summed E-state index contributed by atoms with van der Waals surface area (Å²) in [4.78, 5) is 12.1. The van der Waals surface area contributed by atoms with Gasteiger partial charge in [0.05, 0.1) is 24.1 Å².